The van der Waals surface area contributed by atoms with Gasteiger partial charge in [-0.05, 0) is 18.6 Å². The van der Waals surface area contributed by atoms with E-state index in [0.29, 0.717) is 23.0 Å². The largest absolute Gasteiger partial charge is 0.383 e. The van der Waals surface area contributed by atoms with E-state index in [0.717, 1.165) is 5.56 Å². The van der Waals surface area contributed by atoms with Crippen molar-refractivity contribution in [1.29, 1.82) is 0 Å². The van der Waals surface area contributed by atoms with Gasteiger partial charge in [0.15, 0.2) is 0 Å². The molecule has 0 aliphatic heterocycles. The molecule has 2 aromatic rings. The third-order valence-electron chi connectivity index (χ3n) is 2.72. The van der Waals surface area contributed by atoms with Gasteiger partial charge in [-0.1, -0.05) is 29.8 Å². The molecule has 0 spiro atoms. The van der Waals surface area contributed by atoms with Crippen molar-refractivity contribution in [1.82, 2.24) is 9.97 Å². The van der Waals surface area contributed by atoms with E-state index >= 15 is 0 Å². The molecule has 0 bridgehead atoms. The Labute approximate surface area is 115 Å². The van der Waals surface area contributed by atoms with E-state index in [1.54, 1.807) is 13.0 Å². The second-order valence-electron chi connectivity index (χ2n) is 4.12. The summed E-state index contributed by atoms with van der Waals surface area (Å²) in [7, 11) is 0. The zero-order chi connectivity index (χ0) is 14.0. The van der Waals surface area contributed by atoms with Crippen LogP contribution in [0.4, 0.5) is 5.82 Å². The fourth-order valence-corrected chi connectivity index (χ4v) is 2.05. The molecular weight excluding hydrogens is 264 g/mol. The molecule has 0 unspecified atom stereocenters. The molecular formula is C13H13ClN4O. The third-order valence-corrected chi connectivity index (χ3v) is 3.09. The number of benzene rings is 1. The first-order valence-electron chi connectivity index (χ1n) is 5.65. The topological polar surface area (TPSA) is 94.9 Å². The van der Waals surface area contributed by atoms with Crippen LogP contribution in [0, 0.1) is 6.92 Å². The van der Waals surface area contributed by atoms with Gasteiger partial charge in [0.2, 0.25) is 0 Å². The minimum atomic E-state index is -0.626. The van der Waals surface area contributed by atoms with Crippen molar-refractivity contribution < 1.29 is 4.79 Å². The van der Waals surface area contributed by atoms with Crippen LogP contribution in [0.25, 0.3) is 0 Å². The molecule has 0 saturated heterocycles. The molecule has 0 atom stereocenters. The average Bonchev–Trinajstić information content (AvgIpc) is 2.30. The maximum atomic E-state index is 11.2. The zero-order valence-electron chi connectivity index (χ0n) is 10.4. The van der Waals surface area contributed by atoms with Crippen molar-refractivity contribution in [2.75, 3.05) is 5.73 Å². The van der Waals surface area contributed by atoms with E-state index in [2.05, 4.69) is 9.97 Å². The number of amides is 1. The first kappa shape index (κ1) is 13.3. The van der Waals surface area contributed by atoms with E-state index in [4.69, 9.17) is 23.1 Å². The summed E-state index contributed by atoms with van der Waals surface area (Å²) in [6, 6.07) is 7.42. The number of nitrogens with zero attached hydrogens (tertiary/aromatic N) is 2. The summed E-state index contributed by atoms with van der Waals surface area (Å²) in [5, 5.41) is 0.640. The summed E-state index contributed by atoms with van der Waals surface area (Å²) in [5.74, 6) is -0.0190. The number of carbonyl (C=O) groups is 1. The quantitative estimate of drug-likeness (QED) is 0.892. The molecule has 0 aliphatic carbocycles. The summed E-state index contributed by atoms with van der Waals surface area (Å²) >= 11 is 6.07. The number of hydrogen-bond acceptors (Lipinski definition) is 4. The smallest absolute Gasteiger partial charge is 0.254 e. The Kier molecular flexibility index (Phi) is 3.66. The highest BCUT2D eigenvalue weighted by Crippen LogP contribution is 2.19. The van der Waals surface area contributed by atoms with E-state index in [9.17, 15) is 4.79 Å². The Morgan fingerprint density at radius 3 is 2.58 bits per heavy atom. The standard InChI is InChI=1S/C13H13ClN4O/c1-7-11(13(16)19)12(15)18-10(17-7)6-8-4-2-3-5-9(8)14/h2-5H,6H2,1H3,(H2,16,19)(H2,15,17,18). The van der Waals surface area contributed by atoms with E-state index < -0.39 is 5.91 Å². The van der Waals surface area contributed by atoms with Gasteiger partial charge in [0.05, 0.1) is 5.69 Å². The van der Waals surface area contributed by atoms with Gasteiger partial charge in [0.25, 0.3) is 5.91 Å². The SMILES string of the molecule is Cc1nc(Cc2ccccc2Cl)nc(N)c1C(N)=O. The van der Waals surface area contributed by atoms with Gasteiger partial charge in [0.1, 0.15) is 17.2 Å². The van der Waals surface area contributed by atoms with Crippen LogP contribution in [0.15, 0.2) is 24.3 Å². The zero-order valence-corrected chi connectivity index (χ0v) is 11.1. The van der Waals surface area contributed by atoms with Gasteiger partial charge in [-0.25, -0.2) is 9.97 Å². The normalized spacial score (nSPS) is 10.4. The number of aromatic nitrogens is 2. The van der Waals surface area contributed by atoms with Crippen LogP contribution >= 0.6 is 11.6 Å². The predicted octanol–water partition coefficient (Wildman–Crippen LogP) is 1.71. The Balaban J connectivity index is 2.38. The van der Waals surface area contributed by atoms with E-state index in [1.807, 2.05) is 18.2 Å². The van der Waals surface area contributed by atoms with Crippen molar-refractivity contribution in [3.63, 3.8) is 0 Å². The van der Waals surface area contributed by atoms with Gasteiger partial charge >= 0.3 is 0 Å². The molecule has 0 saturated carbocycles. The Morgan fingerprint density at radius 1 is 1.32 bits per heavy atom. The highest BCUT2D eigenvalue weighted by atomic mass is 35.5. The maximum Gasteiger partial charge on any atom is 0.254 e. The summed E-state index contributed by atoms with van der Waals surface area (Å²) in [4.78, 5) is 19.5. The number of rotatable bonds is 3. The van der Waals surface area contributed by atoms with Crippen LogP contribution < -0.4 is 11.5 Å². The van der Waals surface area contributed by atoms with Crippen LogP contribution in [-0.4, -0.2) is 15.9 Å². The monoisotopic (exact) mass is 276 g/mol. The lowest BCUT2D eigenvalue weighted by Gasteiger charge is -2.08. The fraction of sp³-hybridized carbons (Fsp3) is 0.154. The summed E-state index contributed by atoms with van der Waals surface area (Å²) < 4.78 is 0. The minimum Gasteiger partial charge on any atom is -0.383 e. The van der Waals surface area contributed by atoms with Crippen LogP contribution in [0.3, 0.4) is 0 Å². The highest BCUT2D eigenvalue weighted by Gasteiger charge is 2.14. The molecule has 19 heavy (non-hydrogen) atoms. The first-order valence-corrected chi connectivity index (χ1v) is 6.03. The summed E-state index contributed by atoms with van der Waals surface area (Å²) in [6.45, 7) is 1.67. The van der Waals surface area contributed by atoms with Crippen LogP contribution in [0.2, 0.25) is 5.02 Å². The average molecular weight is 277 g/mol. The predicted molar refractivity (Wildman–Crippen MR) is 74.0 cm³/mol. The van der Waals surface area contributed by atoms with Gasteiger partial charge in [0, 0.05) is 11.4 Å². The maximum absolute atomic E-state index is 11.2. The Morgan fingerprint density at radius 2 is 2.00 bits per heavy atom. The van der Waals surface area contributed by atoms with Crippen LogP contribution in [0.5, 0.6) is 0 Å². The van der Waals surface area contributed by atoms with Crippen molar-refractivity contribution in [2.24, 2.45) is 5.73 Å². The number of halogens is 1. The molecule has 4 N–H and O–H groups in total. The van der Waals surface area contributed by atoms with Gasteiger partial charge in [-0.15, -0.1) is 0 Å². The van der Waals surface area contributed by atoms with Gasteiger partial charge < -0.3 is 11.5 Å². The Bertz CT molecular complexity index is 619. The molecule has 1 aromatic carbocycles. The number of nitrogen functional groups attached to an aromatic ring is 1. The minimum absolute atomic E-state index is 0.0991. The van der Waals surface area contributed by atoms with Crippen molar-refractivity contribution in [3.05, 3.63) is 51.9 Å². The number of aryl methyl sites for hydroxylation is 1. The number of primary amides is 1. The van der Waals surface area contributed by atoms with E-state index in [1.165, 1.54) is 0 Å². The Hall–Kier alpha value is -2.14. The summed E-state index contributed by atoms with van der Waals surface area (Å²) in [5.41, 5.74) is 12.5. The molecule has 98 valence electrons. The van der Waals surface area contributed by atoms with Gasteiger partial charge in [-0.3, -0.25) is 4.79 Å². The fourth-order valence-electron chi connectivity index (χ4n) is 1.85. The number of anilines is 1. The lowest BCUT2D eigenvalue weighted by Crippen LogP contribution is -2.18. The number of hydrogen-bond donors (Lipinski definition) is 2. The molecule has 5 nitrogen and oxygen atoms in total. The first-order chi connectivity index (χ1) is 8.99. The molecule has 0 aliphatic rings. The van der Waals surface area contributed by atoms with Crippen LogP contribution in [0.1, 0.15) is 27.4 Å². The number of nitrogens with two attached hydrogens (primary N) is 2. The number of carbonyl (C=O) groups excluding carboxylic acids is 1. The molecule has 1 amide bonds. The molecule has 1 heterocycles. The second kappa shape index (κ2) is 5.24. The molecule has 2 rings (SSSR count). The van der Waals surface area contributed by atoms with Crippen molar-refractivity contribution >= 4 is 23.3 Å². The van der Waals surface area contributed by atoms with Gasteiger partial charge in [-0.2, -0.15) is 0 Å². The molecule has 0 fully saturated rings. The lowest BCUT2D eigenvalue weighted by molar-refractivity contribution is 0.1000. The van der Waals surface area contributed by atoms with Crippen molar-refractivity contribution in [3.8, 4) is 0 Å². The highest BCUT2D eigenvalue weighted by molar-refractivity contribution is 6.31. The lowest BCUT2D eigenvalue weighted by atomic mass is 10.1. The summed E-state index contributed by atoms with van der Waals surface area (Å²) in [6.07, 6.45) is 0.448. The second-order valence-corrected chi connectivity index (χ2v) is 4.53. The molecule has 1 aromatic heterocycles. The molecule has 6 heteroatoms. The van der Waals surface area contributed by atoms with E-state index in [-0.39, 0.29) is 11.4 Å². The molecule has 0 radical (unpaired) electrons. The van der Waals surface area contributed by atoms with Crippen LogP contribution in [-0.2, 0) is 6.42 Å². The third kappa shape index (κ3) is 2.82. The van der Waals surface area contributed by atoms with Crippen molar-refractivity contribution in [2.45, 2.75) is 13.3 Å².